The highest BCUT2D eigenvalue weighted by Gasteiger charge is 2.52. The quantitative estimate of drug-likeness (QED) is 0.729. The normalized spacial score (nSPS) is 24.6. The van der Waals surface area contributed by atoms with Crippen LogP contribution in [0.3, 0.4) is 0 Å². The minimum atomic E-state index is -3.17. The summed E-state index contributed by atoms with van der Waals surface area (Å²) in [5, 5.41) is 1.11. The summed E-state index contributed by atoms with van der Waals surface area (Å²) in [5.41, 5.74) is 1.49. The number of benzene rings is 2. The van der Waals surface area contributed by atoms with E-state index in [0.717, 1.165) is 5.69 Å². The standard InChI is InChI=1S/C17H14ClFN2O2S2/c18-11-1-5-13(6-2-11)20-15-9-25(22,23)10-16(15)21(17(20)24)14-7-3-12(19)4-8-14/h1-8,15-16H,9-10H2. The first-order valence-corrected chi connectivity index (χ1v) is 10.3. The third-order valence-corrected chi connectivity index (χ3v) is 6.92. The van der Waals surface area contributed by atoms with Crippen LogP contribution in [-0.2, 0) is 9.84 Å². The molecule has 4 nitrogen and oxygen atoms in total. The molecular weight excluding hydrogens is 383 g/mol. The second kappa shape index (κ2) is 5.93. The Bertz CT molecular complexity index is 863. The van der Waals surface area contributed by atoms with Crippen molar-refractivity contribution in [1.29, 1.82) is 0 Å². The van der Waals surface area contributed by atoms with Gasteiger partial charge in [0.15, 0.2) is 14.9 Å². The second-order valence-corrected chi connectivity index (χ2v) is 9.14. The minimum absolute atomic E-state index is 0.0271. The molecule has 2 heterocycles. The molecule has 25 heavy (non-hydrogen) atoms. The summed E-state index contributed by atoms with van der Waals surface area (Å²) in [4.78, 5) is 3.68. The fourth-order valence-electron chi connectivity index (χ4n) is 3.51. The van der Waals surface area contributed by atoms with Crippen LogP contribution in [0.1, 0.15) is 0 Å². The summed E-state index contributed by atoms with van der Waals surface area (Å²) < 4.78 is 37.7. The smallest absolute Gasteiger partial charge is 0.181 e. The third-order valence-electron chi connectivity index (χ3n) is 4.58. The monoisotopic (exact) mass is 396 g/mol. The number of hydrogen-bond donors (Lipinski definition) is 0. The van der Waals surface area contributed by atoms with Crippen molar-refractivity contribution in [2.24, 2.45) is 0 Å². The van der Waals surface area contributed by atoms with Gasteiger partial charge in [-0.1, -0.05) is 11.6 Å². The molecule has 0 amide bonds. The van der Waals surface area contributed by atoms with E-state index < -0.39 is 9.84 Å². The Kier molecular flexibility index (Phi) is 3.97. The Hall–Kier alpha value is -1.70. The van der Waals surface area contributed by atoms with Crippen molar-refractivity contribution in [1.82, 2.24) is 0 Å². The molecule has 2 aromatic carbocycles. The van der Waals surface area contributed by atoms with Gasteiger partial charge in [0.05, 0.1) is 23.6 Å². The highest BCUT2D eigenvalue weighted by Crippen LogP contribution is 2.38. The van der Waals surface area contributed by atoms with E-state index in [1.165, 1.54) is 12.1 Å². The van der Waals surface area contributed by atoms with Crippen LogP contribution in [0, 0.1) is 5.82 Å². The Labute approximate surface area is 155 Å². The maximum absolute atomic E-state index is 13.3. The lowest BCUT2D eigenvalue weighted by Crippen LogP contribution is -2.37. The molecule has 2 aliphatic heterocycles. The van der Waals surface area contributed by atoms with Gasteiger partial charge in [-0.2, -0.15) is 0 Å². The van der Waals surface area contributed by atoms with E-state index in [2.05, 4.69) is 0 Å². The maximum Gasteiger partial charge on any atom is 0.181 e. The van der Waals surface area contributed by atoms with Crippen molar-refractivity contribution in [3.8, 4) is 0 Å². The molecule has 0 aromatic heterocycles. The summed E-state index contributed by atoms with van der Waals surface area (Å²) in [5.74, 6) is -0.281. The lowest BCUT2D eigenvalue weighted by molar-refractivity contribution is 0.601. The molecule has 2 aliphatic rings. The molecule has 2 fully saturated rings. The predicted molar refractivity (Wildman–Crippen MR) is 102 cm³/mol. The van der Waals surface area contributed by atoms with Gasteiger partial charge < -0.3 is 9.80 Å². The lowest BCUT2D eigenvalue weighted by atomic mass is 10.1. The zero-order valence-electron chi connectivity index (χ0n) is 13.0. The SMILES string of the molecule is O=S1(=O)CC2C(C1)N(c1ccc(Cl)cc1)C(=S)N2c1ccc(F)cc1. The molecule has 0 spiro atoms. The van der Waals surface area contributed by atoms with E-state index in [9.17, 15) is 12.8 Å². The molecule has 0 saturated carbocycles. The van der Waals surface area contributed by atoms with Crippen molar-refractivity contribution in [3.05, 3.63) is 59.4 Å². The van der Waals surface area contributed by atoms with Gasteiger partial charge >= 0.3 is 0 Å². The molecular formula is C17H14ClFN2O2S2. The van der Waals surface area contributed by atoms with Gasteiger partial charge in [-0.3, -0.25) is 0 Å². The van der Waals surface area contributed by atoms with Gasteiger partial charge in [-0.15, -0.1) is 0 Å². The van der Waals surface area contributed by atoms with E-state index in [4.69, 9.17) is 23.8 Å². The summed E-state index contributed by atoms with van der Waals surface area (Å²) in [6.07, 6.45) is 0. The van der Waals surface area contributed by atoms with Gasteiger partial charge in [0.2, 0.25) is 0 Å². The van der Waals surface area contributed by atoms with Crippen LogP contribution in [0.2, 0.25) is 5.02 Å². The molecule has 4 rings (SSSR count). The number of halogens is 2. The van der Waals surface area contributed by atoms with Crippen LogP contribution in [-0.4, -0.2) is 37.1 Å². The third kappa shape index (κ3) is 2.90. The van der Waals surface area contributed by atoms with Crippen LogP contribution in [0.4, 0.5) is 15.8 Å². The largest absolute Gasteiger partial charge is 0.312 e. The van der Waals surface area contributed by atoms with Gasteiger partial charge in [-0.05, 0) is 60.7 Å². The number of sulfone groups is 1. The first-order valence-electron chi connectivity index (χ1n) is 7.70. The van der Waals surface area contributed by atoms with Crippen LogP contribution < -0.4 is 9.80 Å². The first kappa shape index (κ1) is 16.8. The fraction of sp³-hybridized carbons (Fsp3) is 0.235. The number of fused-ring (bicyclic) bond motifs is 1. The second-order valence-electron chi connectivity index (χ2n) is 6.19. The summed E-state index contributed by atoms with van der Waals surface area (Å²) in [6, 6.07) is 12.5. The molecule has 0 radical (unpaired) electrons. The van der Waals surface area contributed by atoms with Crippen molar-refractivity contribution in [3.63, 3.8) is 0 Å². The van der Waals surface area contributed by atoms with Gasteiger partial charge in [0.1, 0.15) is 5.82 Å². The van der Waals surface area contributed by atoms with Crippen LogP contribution in [0.5, 0.6) is 0 Å². The van der Waals surface area contributed by atoms with Crippen molar-refractivity contribution in [2.75, 3.05) is 21.3 Å². The van der Waals surface area contributed by atoms with E-state index in [-0.39, 0.29) is 29.4 Å². The number of anilines is 2. The fourth-order valence-corrected chi connectivity index (χ4v) is 6.04. The number of hydrogen-bond acceptors (Lipinski definition) is 3. The van der Waals surface area contributed by atoms with Crippen molar-refractivity contribution in [2.45, 2.75) is 12.1 Å². The topological polar surface area (TPSA) is 40.6 Å². The van der Waals surface area contributed by atoms with Gasteiger partial charge in [0, 0.05) is 16.4 Å². The molecule has 0 N–H and O–H groups in total. The van der Waals surface area contributed by atoms with E-state index >= 15 is 0 Å². The molecule has 2 atom stereocenters. The Morgan fingerprint density at radius 1 is 0.920 bits per heavy atom. The minimum Gasteiger partial charge on any atom is -0.312 e. The summed E-state index contributed by atoms with van der Waals surface area (Å²) in [6.45, 7) is 0. The van der Waals surface area contributed by atoms with Crippen LogP contribution >= 0.6 is 23.8 Å². The molecule has 2 saturated heterocycles. The molecule has 2 aromatic rings. The molecule has 8 heteroatoms. The summed E-state index contributed by atoms with van der Waals surface area (Å²) in [7, 11) is -3.17. The average molecular weight is 397 g/mol. The van der Waals surface area contributed by atoms with E-state index in [1.807, 2.05) is 21.9 Å². The van der Waals surface area contributed by atoms with Crippen LogP contribution in [0.25, 0.3) is 0 Å². The zero-order chi connectivity index (χ0) is 17.8. The van der Waals surface area contributed by atoms with E-state index in [1.54, 1.807) is 24.3 Å². The van der Waals surface area contributed by atoms with Crippen molar-refractivity contribution < 1.29 is 12.8 Å². The van der Waals surface area contributed by atoms with Crippen LogP contribution in [0.15, 0.2) is 48.5 Å². The van der Waals surface area contributed by atoms with Crippen molar-refractivity contribution >= 4 is 50.1 Å². The van der Waals surface area contributed by atoms with Gasteiger partial charge in [0.25, 0.3) is 0 Å². The maximum atomic E-state index is 13.3. The first-order chi connectivity index (χ1) is 11.9. The predicted octanol–water partition coefficient (Wildman–Crippen LogP) is 3.26. The molecule has 2 unspecified atom stereocenters. The molecule has 0 aliphatic carbocycles. The summed E-state index contributed by atoms with van der Waals surface area (Å²) >= 11 is 11.6. The molecule has 0 bridgehead atoms. The Morgan fingerprint density at radius 2 is 1.36 bits per heavy atom. The molecule has 130 valence electrons. The number of nitrogens with zero attached hydrogens (tertiary/aromatic N) is 2. The lowest BCUT2D eigenvalue weighted by Gasteiger charge is -2.25. The Balaban J connectivity index is 1.79. The van der Waals surface area contributed by atoms with E-state index in [0.29, 0.717) is 15.8 Å². The Morgan fingerprint density at radius 3 is 1.84 bits per heavy atom. The highest BCUT2D eigenvalue weighted by molar-refractivity contribution is 7.91. The average Bonchev–Trinajstić information content (AvgIpc) is 2.99. The highest BCUT2D eigenvalue weighted by atomic mass is 35.5. The van der Waals surface area contributed by atoms with Gasteiger partial charge in [-0.25, -0.2) is 12.8 Å². The number of thiocarbonyl (C=S) groups is 1. The zero-order valence-corrected chi connectivity index (χ0v) is 15.4. The number of rotatable bonds is 2.